The van der Waals surface area contributed by atoms with Crippen molar-refractivity contribution in [3.05, 3.63) is 27.2 Å². The third-order valence-corrected chi connectivity index (χ3v) is 3.63. The van der Waals surface area contributed by atoms with Crippen LogP contribution < -0.4 is 0 Å². The van der Waals surface area contributed by atoms with Gasteiger partial charge in [0.1, 0.15) is 6.61 Å². The highest BCUT2D eigenvalue weighted by Gasteiger charge is 2.12. The van der Waals surface area contributed by atoms with Crippen LogP contribution in [0.4, 0.5) is 0 Å². The van der Waals surface area contributed by atoms with Gasteiger partial charge in [-0.25, -0.2) is 4.98 Å². The molecular weight excluding hydrogens is 244 g/mol. The van der Waals surface area contributed by atoms with Gasteiger partial charge in [0.2, 0.25) is 0 Å². The number of aromatic nitrogens is 4. The molecule has 0 fully saturated rings. The Hall–Kier alpha value is -1.05. The van der Waals surface area contributed by atoms with Crippen LogP contribution in [0, 0.1) is 4.77 Å². The van der Waals surface area contributed by atoms with Crippen LogP contribution in [-0.4, -0.2) is 24.9 Å². The lowest BCUT2D eigenvalue weighted by Gasteiger charge is -2.10. The van der Waals surface area contributed by atoms with Gasteiger partial charge in [0.05, 0.1) is 5.01 Å². The van der Waals surface area contributed by atoms with Gasteiger partial charge in [-0.3, -0.25) is 5.10 Å². The number of H-pyrrole nitrogens is 1. The first-order chi connectivity index (χ1) is 7.72. The lowest BCUT2D eigenvalue weighted by Crippen LogP contribution is -2.10. The summed E-state index contributed by atoms with van der Waals surface area (Å²) in [6.45, 7) is 2.64. The van der Waals surface area contributed by atoms with E-state index in [9.17, 15) is 0 Å². The number of aliphatic hydroxyl groups is 1. The van der Waals surface area contributed by atoms with Crippen molar-refractivity contribution in [3.8, 4) is 0 Å². The van der Waals surface area contributed by atoms with Crippen molar-refractivity contribution >= 4 is 23.6 Å². The zero-order valence-electron chi connectivity index (χ0n) is 8.75. The predicted molar refractivity (Wildman–Crippen MR) is 63.9 cm³/mol. The molecule has 7 heteroatoms. The summed E-state index contributed by atoms with van der Waals surface area (Å²) in [7, 11) is 0. The Labute approximate surface area is 102 Å². The third kappa shape index (κ3) is 2.21. The summed E-state index contributed by atoms with van der Waals surface area (Å²) in [5.74, 6) is 0.822. The van der Waals surface area contributed by atoms with Crippen LogP contribution in [0.3, 0.4) is 0 Å². The fourth-order valence-corrected chi connectivity index (χ4v) is 2.40. The first-order valence-corrected chi connectivity index (χ1v) is 6.15. The van der Waals surface area contributed by atoms with E-state index in [1.165, 1.54) is 0 Å². The standard InChI is InChI=1S/C9H12N4OS2/c1-6(8-10-2-3-16-8)4-13-7(5-14)11-12-9(13)15/h2-3,6,14H,4-5H2,1H3,(H,12,15). The summed E-state index contributed by atoms with van der Waals surface area (Å²) in [5, 5.41) is 18.8. The van der Waals surface area contributed by atoms with Gasteiger partial charge in [-0.1, -0.05) is 6.92 Å². The van der Waals surface area contributed by atoms with Crippen LogP contribution in [-0.2, 0) is 13.2 Å². The first kappa shape index (κ1) is 11.4. The van der Waals surface area contributed by atoms with Crippen molar-refractivity contribution < 1.29 is 5.11 Å². The van der Waals surface area contributed by atoms with Gasteiger partial charge in [0.25, 0.3) is 0 Å². The van der Waals surface area contributed by atoms with Gasteiger partial charge >= 0.3 is 0 Å². The van der Waals surface area contributed by atoms with E-state index in [0.717, 1.165) is 5.01 Å². The van der Waals surface area contributed by atoms with E-state index >= 15 is 0 Å². The SMILES string of the molecule is CC(Cn1c(CO)n[nH]c1=S)c1nccs1. The molecule has 2 aromatic rings. The van der Waals surface area contributed by atoms with Gasteiger partial charge in [-0.15, -0.1) is 11.3 Å². The molecule has 2 aromatic heterocycles. The zero-order chi connectivity index (χ0) is 11.5. The fraction of sp³-hybridized carbons (Fsp3) is 0.444. The van der Waals surface area contributed by atoms with Crippen LogP contribution >= 0.6 is 23.6 Å². The number of aromatic amines is 1. The summed E-state index contributed by atoms with van der Waals surface area (Å²) in [6.07, 6.45) is 1.79. The molecule has 2 rings (SSSR count). The normalized spacial score (nSPS) is 12.9. The third-order valence-electron chi connectivity index (χ3n) is 2.31. The molecule has 86 valence electrons. The van der Waals surface area contributed by atoms with Gasteiger partial charge in [-0.05, 0) is 12.2 Å². The quantitative estimate of drug-likeness (QED) is 0.817. The van der Waals surface area contributed by atoms with Crippen molar-refractivity contribution in [1.29, 1.82) is 0 Å². The minimum Gasteiger partial charge on any atom is -0.388 e. The molecule has 0 aliphatic rings. The summed E-state index contributed by atoms with van der Waals surface area (Å²) in [4.78, 5) is 4.26. The molecule has 0 aromatic carbocycles. The summed E-state index contributed by atoms with van der Waals surface area (Å²) in [6, 6.07) is 0. The Bertz CT molecular complexity index is 502. The molecule has 0 saturated carbocycles. The Morgan fingerprint density at radius 2 is 2.50 bits per heavy atom. The van der Waals surface area contributed by atoms with Gasteiger partial charge in [0, 0.05) is 24.0 Å². The molecular formula is C9H12N4OS2. The van der Waals surface area contributed by atoms with E-state index in [1.807, 2.05) is 5.38 Å². The minimum atomic E-state index is -0.113. The maximum atomic E-state index is 9.11. The predicted octanol–water partition coefficient (Wildman–Crippen LogP) is 1.69. The largest absolute Gasteiger partial charge is 0.388 e. The molecule has 1 unspecified atom stereocenters. The molecule has 2 heterocycles. The molecule has 0 saturated heterocycles. The van der Waals surface area contributed by atoms with Gasteiger partial charge < -0.3 is 9.67 Å². The maximum Gasteiger partial charge on any atom is 0.195 e. The average Bonchev–Trinajstić information content (AvgIpc) is 2.89. The first-order valence-electron chi connectivity index (χ1n) is 4.86. The van der Waals surface area contributed by atoms with E-state index in [2.05, 4.69) is 22.1 Å². The van der Waals surface area contributed by atoms with Crippen molar-refractivity contribution in [2.45, 2.75) is 26.0 Å². The van der Waals surface area contributed by atoms with Crippen molar-refractivity contribution in [1.82, 2.24) is 19.7 Å². The molecule has 0 bridgehead atoms. The van der Waals surface area contributed by atoms with Gasteiger partial charge in [0.15, 0.2) is 10.6 Å². The molecule has 2 N–H and O–H groups in total. The van der Waals surface area contributed by atoms with E-state index in [-0.39, 0.29) is 12.5 Å². The molecule has 0 aliphatic heterocycles. The summed E-state index contributed by atoms with van der Waals surface area (Å²) >= 11 is 6.72. The van der Waals surface area contributed by atoms with E-state index < -0.39 is 0 Å². The highest BCUT2D eigenvalue weighted by molar-refractivity contribution is 7.71. The number of nitrogens with zero attached hydrogens (tertiary/aromatic N) is 3. The maximum absolute atomic E-state index is 9.11. The zero-order valence-corrected chi connectivity index (χ0v) is 10.4. The second kappa shape index (κ2) is 4.86. The number of rotatable bonds is 4. The average molecular weight is 256 g/mol. The Morgan fingerprint density at radius 1 is 1.69 bits per heavy atom. The minimum absolute atomic E-state index is 0.113. The van der Waals surface area contributed by atoms with Crippen molar-refractivity contribution in [3.63, 3.8) is 0 Å². The summed E-state index contributed by atoms with van der Waals surface area (Å²) in [5.41, 5.74) is 0. The second-order valence-electron chi connectivity index (χ2n) is 3.49. The van der Waals surface area contributed by atoms with Crippen LogP contribution in [0.5, 0.6) is 0 Å². The van der Waals surface area contributed by atoms with Crippen molar-refractivity contribution in [2.75, 3.05) is 0 Å². The molecule has 0 spiro atoms. The highest BCUT2D eigenvalue weighted by Crippen LogP contribution is 2.20. The number of hydrogen-bond donors (Lipinski definition) is 2. The second-order valence-corrected chi connectivity index (χ2v) is 4.80. The summed E-state index contributed by atoms with van der Waals surface area (Å²) < 4.78 is 2.34. The molecule has 0 aliphatic carbocycles. The van der Waals surface area contributed by atoms with Crippen LogP contribution in [0.2, 0.25) is 0 Å². The number of thiazole rings is 1. The van der Waals surface area contributed by atoms with Crippen LogP contribution in [0.25, 0.3) is 0 Å². The molecule has 16 heavy (non-hydrogen) atoms. The Morgan fingerprint density at radius 3 is 3.12 bits per heavy atom. The van der Waals surface area contributed by atoms with E-state index in [1.54, 1.807) is 22.1 Å². The number of aliphatic hydroxyl groups excluding tert-OH is 1. The Balaban J connectivity index is 2.20. The molecule has 0 amide bonds. The fourth-order valence-electron chi connectivity index (χ4n) is 1.49. The monoisotopic (exact) mass is 256 g/mol. The lowest BCUT2D eigenvalue weighted by molar-refractivity contribution is 0.263. The Kier molecular flexibility index (Phi) is 3.47. The van der Waals surface area contributed by atoms with Crippen LogP contribution in [0.1, 0.15) is 23.7 Å². The van der Waals surface area contributed by atoms with Gasteiger partial charge in [-0.2, -0.15) is 5.10 Å². The lowest BCUT2D eigenvalue weighted by atomic mass is 10.2. The van der Waals surface area contributed by atoms with E-state index in [4.69, 9.17) is 17.3 Å². The van der Waals surface area contributed by atoms with E-state index in [0.29, 0.717) is 17.1 Å². The van der Waals surface area contributed by atoms with Crippen LogP contribution in [0.15, 0.2) is 11.6 Å². The topological polar surface area (TPSA) is 66.7 Å². The smallest absolute Gasteiger partial charge is 0.195 e. The molecule has 1 atom stereocenters. The highest BCUT2D eigenvalue weighted by atomic mass is 32.1. The number of hydrogen-bond acceptors (Lipinski definition) is 5. The van der Waals surface area contributed by atoms with Crippen molar-refractivity contribution in [2.24, 2.45) is 0 Å². The molecule has 0 radical (unpaired) electrons. The molecule has 5 nitrogen and oxygen atoms in total. The number of nitrogens with one attached hydrogen (secondary N) is 1.